The van der Waals surface area contributed by atoms with Crippen LogP contribution >= 0.6 is 0 Å². The number of allylic oxidation sites excluding steroid dienone is 2. The maximum atomic E-state index is 11.6. The van der Waals surface area contributed by atoms with Gasteiger partial charge < -0.3 is 10.2 Å². The number of hydrogen-bond acceptors (Lipinski definition) is 6. The Kier molecular flexibility index (Phi) is 6.79. The summed E-state index contributed by atoms with van der Waals surface area (Å²) in [6.45, 7) is 4.26. The molecule has 0 amide bonds. The van der Waals surface area contributed by atoms with Gasteiger partial charge in [0.15, 0.2) is 11.6 Å². The van der Waals surface area contributed by atoms with E-state index in [9.17, 15) is 24.6 Å². The van der Waals surface area contributed by atoms with E-state index in [0.29, 0.717) is 0 Å². The van der Waals surface area contributed by atoms with Crippen LogP contribution in [0.25, 0.3) is 0 Å². The number of aliphatic hydroxyl groups excluding tert-OH is 2. The fourth-order valence-corrected chi connectivity index (χ4v) is 1.46. The maximum Gasteiger partial charge on any atom is 0.235 e. The first-order valence-corrected chi connectivity index (χ1v) is 5.63. The number of rotatable bonds is 7. The average Bonchev–Trinajstić information content (AvgIpc) is 2.37. The summed E-state index contributed by atoms with van der Waals surface area (Å²) in [5.74, 6) is -1.53. The lowest BCUT2D eigenvalue weighted by Gasteiger charge is -2.30. The lowest BCUT2D eigenvalue weighted by Crippen LogP contribution is -2.54. The summed E-state index contributed by atoms with van der Waals surface area (Å²) < 4.78 is 0. The van der Waals surface area contributed by atoms with E-state index in [-0.39, 0.29) is 0 Å². The van der Waals surface area contributed by atoms with Crippen LogP contribution in [0, 0.1) is 0 Å². The van der Waals surface area contributed by atoms with Crippen molar-refractivity contribution in [2.75, 3.05) is 0 Å². The molecule has 104 valence electrons. The molecular weight excluding hydrogens is 250 g/mol. The van der Waals surface area contributed by atoms with Crippen LogP contribution in [-0.2, 0) is 14.4 Å². The van der Waals surface area contributed by atoms with Crippen molar-refractivity contribution in [3.63, 3.8) is 0 Å². The Labute approximate surface area is 111 Å². The largest absolute Gasteiger partial charge is 0.382 e. The summed E-state index contributed by atoms with van der Waals surface area (Å²) in [4.78, 5) is 36.8. The van der Waals surface area contributed by atoms with Crippen LogP contribution in [0.15, 0.2) is 29.3 Å². The van der Waals surface area contributed by atoms with Gasteiger partial charge in [-0.25, -0.2) is 4.79 Å². The predicted octanol–water partition coefficient (Wildman–Crippen LogP) is 0.0931. The number of hydrogen-bond donors (Lipinski definition) is 2. The lowest BCUT2D eigenvalue weighted by molar-refractivity contribution is -0.135. The van der Waals surface area contributed by atoms with Gasteiger partial charge in [0.05, 0.1) is 0 Å². The SMILES string of the molecule is CC=CC(=O)C(O)C(C)(N=C=O)C(O)C(=O)C=CC. The maximum absolute atomic E-state index is 11.6. The van der Waals surface area contributed by atoms with E-state index < -0.39 is 29.3 Å². The summed E-state index contributed by atoms with van der Waals surface area (Å²) in [5.41, 5.74) is -1.98. The Morgan fingerprint density at radius 1 is 1.11 bits per heavy atom. The molecule has 0 radical (unpaired) electrons. The third-order valence-electron chi connectivity index (χ3n) is 2.59. The number of carbonyl (C=O) groups excluding carboxylic acids is 3. The van der Waals surface area contributed by atoms with E-state index in [1.54, 1.807) is 13.8 Å². The van der Waals surface area contributed by atoms with Crippen LogP contribution < -0.4 is 0 Å². The molecule has 0 spiro atoms. The fraction of sp³-hybridized carbons (Fsp3) is 0.462. The Morgan fingerprint density at radius 2 is 1.47 bits per heavy atom. The minimum absolute atomic E-state index is 0.767. The zero-order chi connectivity index (χ0) is 15.1. The standard InChI is InChI=1S/C13H17NO5/c1-4-6-9(16)11(18)13(3,14-8-15)12(19)10(17)7-5-2/h4-7,11-12,18-19H,1-3H3. The van der Waals surface area contributed by atoms with Crippen LogP contribution in [0.5, 0.6) is 0 Å². The van der Waals surface area contributed by atoms with E-state index in [1.165, 1.54) is 18.2 Å². The molecule has 0 saturated heterocycles. The van der Waals surface area contributed by atoms with Gasteiger partial charge in [0.1, 0.15) is 17.7 Å². The highest BCUT2D eigenvalue weighted by Gasteiger charge is 2.46. The van der Waals surface area contributed by atoms with Gasteiger partial charge in [0, 0.05) is 0 Å². The average molecular weight is 267 g/mol. The molecule has 0 aromatic heterocycles. The number of aliphatic imine (C=N–C) groups is 1. The topological polar surface area (TPSA) is 104 Å². The van der Waals surface area contributed by atoms with Gasteiger partial charge >= 0.3 is 0 Å². The monoisotopic (exact) mass is 267 g/mol. The number of ketones is 2. The summed E-state index contributed by atoms with van der Waals surface area (Å²) in [5, 5.41) is 19.8. The third kappa shape index (κ3) is 4.06. The second kappa shape index (κ2) is 7.53. The number of nitrogens with zero attached hydrogens (tertiary/aromatic N) is 1. The summed E-state index contributed by atoms with van der Waals surface area (Å²) >= 11 is 0. The van der Waals surface area contributed by atoms with E-state index in [2.05, 4.69) is 4.99 Å². The molecule has 19 heavy (non-hydrogen) atoms. The highest BCUT2D eigenvalue weighted by molar-refractivity contribution is 5.98. The van der Waals surface area contributed by atoms with Crippen LogP contribution in [0.1, 0.15) is 20.8 Å². The predicted molar refractivity (Wildman–Crippen MR) is 68.2 cm³/mol. The van der Waals surface area contributed by atoms with Gasteiger partial charge in [-0.2, -0.15) is 4.99 Å². The van der Waals surface area contributed by atoms with E-state index in [4.69, 9.17) is 0 Å². The van der Waals surface area contributed by atoms with Gasteiger partial charge in [-0.1, -0.05) is 12.2 Å². The first kappa shape index (κ1) is 17.1. The lowest BCUT2D eigenvalue weighted by atomic mass is 9.84. The quantitative estimate of drug-likeness (QED) is 0.386. The minimum Gasteiger partial charge on any atom is -0.382 e. The van der Waals surface area contributed by atoms with Gasteiger partial charge in [0.2, 0.25) is 6.08 Å². The molecule has 2 atom stereocenters. The van der Waals surface area contributed by atoms with Crippen LogP contribution in [0.4, 0.5) is 0 Å². The second-order valence-electron chi connectivity index (χ2n) is 4.04. The highest BCUT2D eigenvalue weighted by atomic mass is 16.3. The Bertz CT molecular complexity index is 416. The number of aliphatic hydroxyl groups is 2. The van der Waals surface area contributed by atoms with Gasteiger partial charge in [-0.3, -0.25) is 9.59 Å². The van der Waals surface area contributed by atoms with Crippen LogP contribution in [0.3, 0.4) is 0 Å². The third-order valence-corrected chi connectivity index (χ3v) is 2.59. The zero-order valence-corrected chi connectivity index (χ0v) is 11.0. The first-order valence-electron chi connectivity index (χ1n) is 5.63. The second-order valence-corrected chi connectivity index (χ2v) is 4.04. The van der Waals surface area contributed by atoms with Crippen molar-refractivity contribution >= 4 is 17.6 Å². The molecule has 0 aliphatic carbocycles. The fourth-order valence-electron chi connectivity index (χ4n) is 1.46. The zero-order valence-electron chi connectivity index (χ0n) is 11.0. The molecule has 0 fully saturated rings. The highest BCUT2D eigenvalue weighted by Crippen LogP contribution is 2.23. The molecule has 0 aromatic carbocycles. The first-order chi connectivity index (χ1) is 8.84. The molecule has 0 saturated carbocycles. The summed E-state index contributed by atoms with van der Waals surface area (Å²) in [7, 11) is 0. The molecule has 6 nitrogen and oxygen atoms in total. The van der Waals surface area contributed by atoms with Gasteiger partial charge in [0.25, 0.3) is 0 Å². The van der Waals surface area contributed by atoms with Gasteiger partial charge in [-0.05, 0) is 32.9 Å². The Hall–Kier alpha value is -1.88. The summed E-state index contributed by atoms with van der Waals surface area (Å²) in [6, 6.07) is 0. The van der Waals surface area contributed by atoms with Crippen molar-refractivity contribution in [2.45, 2.75) is 38.5 Å². The van der Waals surface area contributed by atoms with E-state index >= 15 is 0 Å². The molecule has 2 N–H and O–H groups in total. The van der Waals surface area contributed by atoms with Crippen molar-refractivity contribution < 1.29 is 24.6 Å². The van der Waals surface area contributed by atoms with E-state index in [0.717, 1.165) is 19.1 Å². The molecule has 0 heterocycles. The normalized spacial score (nSPS) is 17.7. The van der Waals surface area contributed by atoms with Crippen molar-refractivity contribution in [1.29, 1.82) is 0 Å². The molecule has 0 aliphatic rings. The molecule has 0 bridgehead atoms. The molecule has 6 heteroatoms. The molecule has 0 rings (SSSR count). The van der Waals surface area contributed by atoms with Crippen LogP contribution in [0.2, 0.25) is 0 Å². The van der Waals surface area contributed by atoms with Crippen molar-refractivity contribution in [1.82, 2.24) is 0 Å². The van der Waals surface area contributed by atoms with E-state index in [1.807, 2.05) is 0 Å². The smallest absolute Gasteiger partial charge is 0.235 e. The van der Waals surface area contributed by atoms with Crippen molar-refractivity contribution in [3.05, 3.63) is 24.3 Å². The van der Waals surface area contributed by atoms with Gasteiger partial charge in [-0.15, -0.1) is 0 Å². The molecule has 0 aromatic rings. The number of carbonyl (C=O) groups is 2. The Morgan fingerprint density at radius 3 is 1.74 bits per heavy atom. The minimum atomic E-state index is -1.98. The van der Waals surface area contributed by atoms with Crippen molar-refractivity contribution in [3.8, 4) is 0 Å². The molecular formula is C13H17NO5. The Balaban J connectivity index is 5.53. The van der Waals surface area contributed by atoms with Crippen molar-refractivity contribution in [2.24, 2.45) is 4.99 Å². The summed E-state index contributed by atoms with van der Waals surface area (Å²) in [6.07, 6.45) is 2.42. The van der Waals surface area contributed by atoms with Crippen LogP contribution in [-0.4, -0.2) is 45.6 Å². The molecule has 2 unspecified atom stereocenters. The number of isocyanates is 1. The molecule has 0 aliphatic heterocycles.